The molecule has 0 radical (unpaired) electrons. The molecular weight excluding hydrogens is 333 g/mol. The number of hydrogen-bond acceptors (Lipinski definition) is 3. The molecule has 7 heteroatoms. The molecule has 0 aliphatic heterocycles. The first-order chi connectivity index (χ1) is 8.45. The van der Waals surface area contributed by atoms with Crippen LogP contribution in [0.5, 0.6) is 5.75 Å². The van der Waals surface area contributed by atoms with Gasteiger partial charge in [0.2, 0.25) is 0 Å². The molecule has 0 aromatic heterocycles. The maximum atomic E-state index is 13.6. The van der Waals surface area contributed by atoms with Gasteiger partial charge in [0.1, 0.15) is 5.82 Å². The highest BCUT2D eigenvalue weighted by atomic mass is 79.9. The lowest BCUT2D eigenvalue weighted by Gasteiger charge is -2.36. The maximum absolute atomic E-state index is 13.6. The van der Waals surface area contributed by atoms with Crippen LogP contribution in [0, 0.1) is 15.9 Å². The average molecular weight is 350 g/mol. The number of nitro groups is 1. The molecule has 0 aliphatic carbocycles. The highest BCUT2D eigenvalue weighted by Gasteiger charge is 2.40. The molecule has 0 N–H and O–H groups in total. The summed E-state index contributed by atoms with van der Waals surface area (Å²) in [5.41, 5.74) is -0.224. The second-order valence-electron chi connectivity index (χ2n) is 5.85. The topological polar surface area (TPSA) is 52.4 Å². The van der Waals surface area contributed by atoms with Crippen LogP contribution in [0.1, 0.15) is 20.8 Å². The SMILES string of the molecule is CC(C)(C)[Si](C)(C)Oc1cc(F)c(Br)cc1[N+](=O)[O-]. The number of nitro benzene ring substituents is 1. The summed E-state index contributed by atoms with van der Waals surface area (Å²) < 4.78 is 19.4. The lowest BCUT2D eigenvalue weighted by molar-refractivity contribution is -0.385. The summed E-state index contributed by atoms with van der Waals surface area (Å²) in [6, 6.07) is 2.21. The Morgan fingerprint density at radius 2 is 1.89 bits per heavy atom. The first-order valence-electron chi connectivity index (χ1n) is 5.78. The van der Waals surface area contributed by atoms with E-state index in [4.69, 9.17) is 4.43 Å². The molecule has 1 aromatic carbocycles. The van der Waals surface area contributed by atoms with Crippen LogP contribution < -0.4 is 4.43 Å². The molecule has 0 bridgehead atoms. The van der Waals surface area contributed by atoms with Gasteiger partial charge < -0.3 is 4.43 Å². The fourth-order valence-corrected chi connectivity index (χ4v) is 2.52. The summed E-state index contributed by atoms with van der Waals surface area (Å²) in [6.45, 7) is 9.95. The molecule has 4 nitrogen and oxygen atoms in total. The van der Waals surface area contributed by atoms with E-state index in [-0.39, 0.29) is 20.9 Å². The summed E-state index contributed by atoms with van der Waals surface area (Å²) in [5.74, 6) is -0.573. The van der Waals surface area contributed by atoms with Gasteiger partial charge in [-0.25, -0.2) is 4.39 Å². The average Bonchev–Trinajstić information content (AvgIpc) is 2.20. The van der Waals surface area contributed by atoms with Crippen LogP contribution in [0.2, 0.25) is 18.1 Å². The standard InChI is InChI=1S/C12H17BrFNO3Si/c1-12(2,3)19(4,5)18-11-7-9(14)8(13)6-10(11)15(16)17/h6-7H,1-5H3. The molecule has 1 aromatic rings. The molecule has 1 rings (SSSR count). The molecule has 0 unspecified atom stereocenters. The van der Waals surface area contributed by atoms with E-state index in [1.54, 1.807) is 0 Å². The first-order valence-corrected chi connectivity index (χ1v) is 9.48. The van der Waals surface area contributed by atoms with Crippen LogP contribution in [-0.4, -0.2) is 13.2 Å². The van der Waals surface area contributed by atoms with E-state index in [9.17, 15) is 14.5 Å². The number of hydrogen-bond donors (Lipinski definition) is 0. The molecule has 0 fully saturated rings. The zero-order valence-corrected chi connectivity index (χ0v) is 14.2. The minimum absolute atomic E-state index is 0.00251. The summed E-state index contributed by atoms with van der Waals surface area (Å²) in [5, 5.41) is 10.9. The Morgan fingerprint density at radius 1 is 1.37 bits per heavy atom. The molecule has 19 heavy (non-hydrogen) atoms. The van der Waals surface area contributed by atoms with Crippen LogP contribution in [0.4, 0.5) is 10.1 Å². The Kier molecular flexibility index (Phi) is 4.41. The molecule has 0 saturated carbocycles. The zero-order chi connectivity index (χ0) is 15.0. The van der Waals surface area contributed by atoms with E-state index in [0.717, 1.165) is 12.1 Å². The third-order valence-electron chi connectivity index (χ3n) is 3.37. The Hall–Kier alpha value is -0.953. The molecule has 0 amide bonds. The van der Waals surface area contributed by atoms with Crippen molar-refractivity contribution < 1.29 is 13.7 Å². The van der Waals surface area contributed by atoms with Gasteiger partial charge in [-0.3, -0.25) is 10.1 Å². The van der Waals surface area contributed by atoms with Crippen molar-refractivity contribution >= 4 is 29.9 Å². The second kappa shape index (κ2) is 5.20. The van der Waals surface area contributed by atoms with Crippen molar-refractivity contribution in [1.82, 2.24) is 0 Å². The molecule has 106 valence electrons. The second-order valence-corrected chi connectivity index (χ2v) is 11.4. The van der Waals surface area contributed by atoms with Gasteiger partial charge in [0, 0.05) is 12.1 Å². The van der Waals surface area contributed by atoms with Crippen LogP contribution in [-0.2, 0) is 0 Å². The van der Waals surface area contributed by atoms with E-state index >= 15 is 0 Å². The van der Waals surface area contributed by atoms with E-state index in [2.05, 4.69) is 15.9 Å². The predicted octanol–water partition coefficient (Wildman–Crippen LogP) is 4.88. The van der Waals surface area contributed by atoms with Crippen molar-refractivity contribution in [2.24, 2.45) is 0 Å². The quantitative estimate of drug-likeness (QED) is 0.443. The Morgan fingerprint density at radius 3 is 2.32 bits per heavy atom. The van der Waals surface area contributed by atoms with Gasteiger partial charge in [-0.15, -0.1) is 0 Å². The maximum Gasteiger partial charge on any atom is 0.310 e. The molecule has 0 spiro atoms. The normalized spacial score (nSPS) is 12.4. The van der Waals surface area contributed by atoms with Crippen LogP contribution in [0.3, 0.4) is 0 Å². The van der Waals surface area contributed by atoms with Crippen LogP contribution in [0.25, 0.3) is 0 Å². The minimum atomic E-state index is -2.25. The van der Waals surface area contributed by atoms with Crippen molar-refractivity contribution in [3.63, 3.8) is 0 Å². The lowest BCUT2D eigenvalue weighted by atomic mass is 10.2. The zero-order valence-electron chi connectivity index (χ0n) is 11.6. The van der Waals surface area contributed by atoms with Gasteiger partial charge in [0.05, 0.1) is 9.40 Å². The molecule has 0 saturated heterocycles. The Bertz CT molecular complexity index is 514. The summed E-state index contributed by atoms with van der Waals surface area (Å²) in [4.78, 5) is 10.5. The van der Waals surface area contributed by atoms with E-state index in [1.807, 2.05) is 33.9 Å². The van der Waals surface area contributed by atoms with Gasteiger partial charge in [0.25, 0.3) is 8.32 Å². The van der Waals surface area contributed by atoms with Crippen molar-refractivity contribution in [1.29, 1.82) is 0 Å². The highest BCUT2D eigenvalue weighted by Crippen LogP contribution is 2.41. The highest BCUT2D eigenvalue weighted by molar-refractivity contribution is 9.10. The monoisotopic (exact) mass is 349 g/mol. The Labute approximate surface area is 121 Å². The van der Waals surface area contributed by atoms with Gasteiger partial charge in [-0.1, -0.05) is 20.8 Å². The minimum Gasteiger partial charge on any atom is -0.539 e. The molecular formula is C12H17BrFNO3Si. The van der Waals surface area contributed by atoms with Crippen molar-refractivity contribution in [3.05, 3.63) is 32.5 Å². The first kappa shape index (κ1) is 16.1. The summed E-state index contributed by atoms with van der Waals surface area (Å²) in [6.07, 6.45) is 0. The largest absolute Gasteiger partial charge is 0.539 e. The van der Waals surface area contributed by atoms with Crippen molar-refractivity contribution in [2.75, 3.05) is 0 Å². The number of nitrogens with zero attached hydrogens (tertiary/aromatic N) is 1. The smallest absolute Gasteiger partial charge is 0.310 e. The van der Waals surface area contributed by atoms with Gasteiger partial charge in [0.15, 0.2) is 5.75 Å². The van der Waals surface area contributed by atoms with Gasteiger partial charge in [-0.05, 0) is 34.1 Å². The molecule has 0 heterocycles. The van der Waals surface area contributed by atoms with E-state index in [0.29, 0.717) is 0 Å². The van der Waals surface area contributed by atoms with Crippen molar-refractivity contribution in [2.45, 2.75) is 38.9 Å². The van der Waals surface area contributed by atoms with E-state index in [1.165, 1.54) is 0 Å². The molecule has 0 aliphatic rings. The summed E-state index contributed by atoms with van der Waals surface area (Å²) >= 11 is 2.94. The van der Waals surface area contributed by atoms with Gasteiger partial charge >= 0.3 is 5.69 Å². The molecule has 0 atom stereocenters. The summed E-state index contributed by atoms with van der Waals surface area (Å²) in [7, 11) is -2.25. The predicted molar refractivity (Wildman–Crippen MR) is 78.6 cm³/mol. The van der Waals surface area contributed by atoms with Gasteiger partial charge in [-0.2, -0.15) is 0 Å². The number of halogens is 2. The van der Waals surface area contributed by atoms with Crippen LogP contribution in [0.15, 0.2) is 16.6 Å². The van der Waals surface area contributed by atoms with Crippen LogP contribution >= 0.6 is 15.9 Å². The number of benzene rings is 1. The number of rotatable bonds is 3. The van der Waals surface area contributed by atoms with Crippen molar-refractivity contribution in [3.8, 4) is 5.75 Å². The van der Waals surface area contributed by atoms with E-state index < -0.39 is 19.1 Å². The third kappa shape index (κ3) is 3.53. The fraction of sp³-hybridized carbons (Fsp3) is 0.500. The fourth-order valence-electron chi connectivity index (χ4n) is 1.17. The third-order valence-corrected chi connectivity index (χ3v) is 8.32. The Balaban J connectivity index is 3.28. The lowest BCUT2D eigenvalue weighted by Crippen LogP contribution is -2.44.